The molecule has 0 amide bonds. The molecule has 14 heavy (non-hydrogen) atoms. The molecule has 2 N–H and O–H groups in total. The van der Waals surface area contributed by atoms with Gasteiger partial charge in [0.15, 0.2) is 0 Å². The number of hydrogen-bond acceptors (Lipinski definition) is 3. The largest absolute Gasteiger partial charge is 0.395 e. The maximum Gasteiger partial charge on any atom is 0.0587 e. The van der Waals surface area contributed by atoms with Crippen molar-refractivity contribution in [3.05, 3.63) is 0 Å². The van der Waals surface area contributed by atoms with Gasteiger partial charge in [0.1, 0.15) is 0 Å². The zero-order valence-electron chi connectivity index (χ0n) is 9.49. The van der Waals surface area contributed by atoms with Crippen LogP contribution < -0.4 is 5.32 Å². The van der Waals surface area contributed by atoms with Crippen LogP contribution in [0.25, 0.3) is 0 Å². The van der Waals surface area contributed by atoms with Crippen molar-refractivity contribution in [3.63, 3.8) is 0 Å². The van der Waals surface area contributed by atoms with E-state index >= 15 is 0 Å². The minimum absolute atomic E-state index is 0.256. The second-order valence-corrected chi connectivity index (χ2v) is 6.01. The number of hydrogen-bond donors (Lipinski definition) is 2. The molecule has 1 heterocycles. The molecule has 1 aliphatic heterocycles. The topological polar surface area (TPSA) is 32.3 Å². The van der Waals surface area contributed by atoms with Gasteiger partial charge in [-0.05, 0) is 24.5 Å². The Balaban J connectivity index is 2.39. The Labute approximate surface area is 91.9 Å². The van der Waals surface area contributed by atoms with Gasteiger partial charge in [-0.2, -0.15) is 11.8 Å². The maximum atomic E-state index is 9.24. The van der Waals surface area contributed by atoms with Crippen molar-refractivity contribution in [3.8, 4) is 0 Å². The van der Waals surface area contributed by atoms with Gasteiger partial charge >= 0.3 is 0 Å². The maximum absolute atomic E-state index is 9.24. The summed E-state index contributed by atoms with van der Waals surface area (Å²) < 4.78 is 0. The smallest absolute Gasteiger partial charge is 0.0587 e. The van der Waals surface area contributed by atoms with E-state index in [1.54, 1.807) is 0 Å². The third-order valence-corrected chi connectivity index (χ3v) is 4.42. The van der Waals surface area contributed by atoms with Gasteiger partial charge in [0.05, 0.1) is 6.61 Å². The van der Waals surface area contributed by atoms with Gasteiger partial charge < -0.3 is 10.4 Å². The summed E-state index contributed by atoms with van der Waals surface area (Å²) >= 11 is 2.05. The Morgan fingerprint density at radius 2 is 2.21 bits per heavy atom. The van der Waals surface area contributed by atoms with Crippen LogP contribution in [0, 0.1) is 5.92 Å². The first kappa shape index (κ1) is 12.3. The first-order chi connectivity index (χ1) is 6.65. The first-order valence-electron chi connectivity index (χ1n) is 5.63. The van der Waals surface area contributed by atoms with Crippen molar-refractivity contribution in [1.82, 2.24) is 5.32 Å². The summed E-state index contributed by atoms with van der Waals surface area (Å²) in [5.41, 5.74) is 0. The fraction of sp³-hybridized carbons (Fsp3) is 1.00. The van der Waals surface area contributed by atoms with E-state index in [0.29, 0.717) is 17.2 Å². The first-order valence-corrected chi connectivity index (χ1v) is 6.68. The standard InChI is InChI=1S/C11H23NOS/c1-8(2)11(7-13)12-10-5-4-6-14-9(10)3/h8-13H,4-7H2,1-3H3/t9?,10?,11-/m1/s1. The molecule has 3 atom stereocenters. The van der Waals surface area contributed by atoms with Crippen molar-refractivity contribution in [1.29, 1.82) is 0 Å². The van der Waals surface area contributed by atoms with Crippen LogP contribution in [-0.4, -0.2) is 34.8 Å². The minimum Gasteiger partial charge on any atom is -0.395 e. The van der Waals surface area contributed by atoms with E-state index in [1.807, 2.05) is 11.8 Å². The Kier molecular flexibility index (Phi) is 5.28. The minimum atomic E-state index is 0.256. The summed E-state index contributed by atoms with van der Waals surface area (Å²) in [6, 6.07) is 0.856. The van der Waals surface area contributed by atoms with Crippen LogP contribution in [0.3, 0.4) is 0 Å². The van der Waals surface area contributed by atoms with E-state index in [0.717, 1.165) is 0 Å². The van der Waals surface area contributed by atoms with Crippen LogP contribution in [0.1, 0.15) is 33.6 Å². The Hall–Kier alpha value is 0.270. The molecule has 0 aromatic rings. The highest BCUT2D eigenvalue weighted by Crippen LogP contribution is 2.25. The third kappa shape index (κ3) is 3.44. The molecule has 2 nitrogen and oxygen atoms in total. The highest BCUT2D eigenvalue weighted by molar-refractivity contribution is 7.99. The number of thioether (sulfide) groups is 1. The van der Waals surface area contributed by atoms with Gasteiger partial charge in [-0.15, -0.1) is 0 Å². The Morgan fingerprint density at radius 3 is 2.71 bits per heavy atom. The van der Waals surface area contributed by atoms with E-state index < -0.39 is 0 Å². The molecule has 0 aliphatic carbocycles. The molecular weight excluding hydrogens is 194 g/mol. The normalized spacial score (nSPS) is 30.6. The van der Waals surface area contributed by atoms with Gasteiger partial charge in [0.25, 0.3) is 0 Å². The molecule has 0 radical (unpaired) electrons. The zero-order valence-corrected chi connectivity index (χ0v) is 10.3. The summed E-state index contributed by atoms with van der Waals surface area (Å²) in [5, 5.41) is 13.5. The van der Waals surface area contributed by atoms with Crippen molar-refractivity contribution >= 4 is 11.8 Å². The monoisotopic (exact) mass is 217 g/mol. The fourth-order valence-corrected chi connectivity index (χ4v) is 3.03. The quantitative estimate of drug-likeness (QED) is 0.754. The second-order valence-electron chi connectivity index (χ2n) is 4.52. The molecule has 1 rings (SSSR count). The molecule has 0 spiro atoms. The second kappa shape index (κ2) is 5.99. The van der Waals surface area contributed by atoms with Gasteiger partial charge in [-0.3, -0.25) is 0 Å². The van der Waals surface area contributed by atoms with E-state index in [4.69, 9.17) is 0 Å². The average molecular weight is 217 g/mol. The highest BCUT2D eigenvalue weighted by Gasteiger charge is 2.24. The lowest BCUT2D eigenvalue weighted by Crippen LogP contribution is -2.48. The summed E-state index contributed by atoms with van der Waals surface area (Å²) in [5.74, 6) is 1.81. The number of nitrogens with one attached hydrogen (secondary N) is 1. The van der Waals surface area contributed by atoms with E-state index in [2.05, 4.69) is 26.1 Å². The lowest BCUT2D eigenvalue weighted by atomic mass is 10.0. The van der Waals surface area contributed by atoms with Crippen molar-refractivity contribution in [2.24, 2.45) is 5.92 Å². The molecule has 2 unspecified atom stereocenters. The lowest BCUT2D eigenvalue weighted by Gasteiger charge is -2.33. The summed E-state index contributed by atoms with van der Waals surface area (Å²) in [6.07, 6.45) is 2.57. The molecule has 0 aromatic heterocycles. The van der Waals surface area contributed by atoms with Crippen LogP contribution in [0.5, 0.6) is 0 Å². The van der Waals surface area contributed by atoms with Gasteiger partial charge in [-0.25, -0.2) is 0 Å². The summed E-state index contributed by atoms with van der Waals surface area (Å²) in [6.45, 7) is 6.87. The third-order valence-electron chi connectivity index (χ3n) is 3.04. The van der Waals surface area contributed by atoms with Gasteiger partial charge in [0.2, 0.25) is 0 Å². The van der Waals surface area contributed by atoms with Gasteiger partial charge in [0, 0.05) is 17.3 Å². The zero-order chi connectivity index (χ0) is 10.6. The van der Waals surface area contributed by atoms with Crippen LogP contribution >= 0.6 is 11.8 Å². The molecule has 1 saturated heterocycles. The summed E-state index contributed by atoms with van der Waals surface area (Å²) in [7, 11) is 0. The van der Waals surface area contributed by atoms with Crippen molar-refractivity contribution in [2.75, 3.05) is 12.4 Å². The Morgan fingerprint density at radius 1 is 1.50 bits per heavy atom. The molecular formula is C11H23NOS. The van der Waals surface area contributed by atoms with Crippen molar-refractivity contribution in [2.45, 2.75) is 50.9 Å². The summed E-state index contributed by atoms with van der Waals surface area (Å²) in [4.78, 5) is 0. The van der Waals surface area contributed by atoms with E-state index in [9.17, 15) is 5.11 Å². The number of aliphatic hydroxyl groups is 1. The Bertz CT molecular complexity index is 163. The lowest BCUT2D eigenvalue weighted by molar-refractivity contribution is 0.195. The van der Waals surface area contributed by atoms with Crippen LogP contribution in [0.2, 0.25) is 0 Å². The molecule has 0 saturated carbocycles. The van der Waals surface area contributed by atoms with Gasteiger partial charge in [-0.1, -0.05) is 20.8 Å². The molecule has 84 valence electrons. The van der Waals surface area contributed by atoms with Crippen LogP contribution in [-0.2, 0) is 0 Å². The SMILES string of the molecule is CC1SCCCC1N[C@H](CO)C(C)C. The number of aliphatic hydroxyl groups excluding tert-OH is 1. The molecule has 0 bridgehead atoms. The van der Waals surface area contributed by atoms with Crippen molar-refractivity contribution < 1.29 is 5.11 Å². The van der Waals surface area contributed by atoms with E-state index in [-0.39, 0.29) is 12.6 Å². The fourth-order valence-electron chi connectivity index (χ4n) is 1.87. The highest BCUT2D eigenvalue weighted by atomic mass is 32.2. The molecule has 1 fully saturated rings. The predicted octanol–water partition coefficient (Wildman–Crippen LogP) is 1.88. The predicted molar refractivity (Wildman–Crippen MR) is 63.8 cm³/mol. The van der Waals surface area contributed by atoms with E-state index in [1.165, 1.54) is 18.6 Å². The molecule has 3 heteroatoms. The molecule has 0 aromatic carbocycles. The van der Waals surface area contributed by atoms with Crippen LogP contribution in [0.4, 0.5) is 0 Å². The average Bonchev–Trinajstić information content (AvgIpc) is 2.16. The van der Waals surface area contributed by atoms with Crippen LogP contribution in [0.15, 0.2) is 0 Å². The molecule has 1 aliphatic rings. The number of rotatable bonds is 4.